The minimum Gasteiger partial charge on any atom is -0.444 e. The van der Waals surface area contributed by atoms with E-state index >= 15 is 0 Å². The summed E-state index contributed by atoms with van der Waals surface area (Å²) in [5.41, 5.74) is 1.01. The lowest BCUT2D eigenvalue weighted by atomic mass is 10.0. The van der Waals surface area contributed by atoms with Gasteiger partial charge in [-0.3, -0.25) is 4.79 Å². The number of aliphatic hydroxyl groups is 2. The van der Waals surface area contributed by atoms with Crippen molar-refractivity contribution in [2.24, 2.45) is 0 Å². The Kier molecular flexibility index (Phi) is 11.0. The van der Waals surface area contributed by atoms with Gasteiger partial charge in [-0.25, -0.2) is 13.2 Å². The van der Waals surface area contributed by atoms with Crippen molar-refractivity contribution < 1.29 is 33.0 Å². The van der Waals surface area contributed by atoms with Crippen molar-refractivity contribution in [2.75, 3.05) is 19.6 Å². The maximum Gasteiger partial charge on any atom is 0.410 e. The van der Waals surface area contributed by atoms with E-state index < -0.39 is 39.8 Å². The fourth-order valence-corrected chi connectivity index (χ4v) is 6.64. The number of rotatable bonds is 9. The molecule has 4 rings (SSSR count). The third-order valence-electron chi connectivity index (χ3n) is 7.69. The van der Waals surface area contributed by atoms with Crippen molar-refractivity contribution in [2.45, 2.75) is 80.6 Å². The summed E-state index contributed by atoms with van der Waals surface area (Å²) in [6.07, 6.45) is -0.538. The molecule has 242 valence electrons. The van der Waals surface area contributed by atoms with Crippen molar-refractivity contribution in [3.8, 4) is 0 Å². The van der Waals surface area contributed by atoms with E-state index in [1.165, 1.54) is 41.3 Å². The Morgan fingerprint density at radius 2 is 1.58 bits per heavy atom. The number of piperidine rings is 1. The van der Waals surface area contributed by atoms with Gasteiger partial charge in [-0.2, -0.15) is 0 Å². The van der Waals surface area contributed by atoms with Crippen molar-refractivity contribution in [1.82, 2.24) is 9.80 Å². The van der Waals surface area contributed by atoms with E-state index in [0.29, 0.717) is 48.5 Å². The number of benzene rings is 3. The molecule has 0 bridgehead atoms. The smallest absolute Gasteiger partial charge is 0.410 e. The average Bonchev–Trinajstić information content (AvgIpc) is 2.99. The number of hydrogen-bond donors (Lipinski definition) is 2. The highest BCUT2D eigenvalue weighted by Crippen LogP contribution is 2.25. The number of amides is 2. The van der Waals surface area contributed by atoms with Crippen LogP contribution < -0.4 is 0 Å². The van der Waals surface area contributed by atoms with Crippen LogP contribution >= 0.6 is 11.6 Å². The van der Waals surface area contributed by atoms with Gasteiger partial charge in [0, 0.05) is 29.7 Å². The van der Waals surface area contributed by atoms with E-state index in [1.54, 1.807) is 62.1 Å². The van der Waals surface area contributed by atoms with Gasteiger partial charge in [-0.15, -0.1) is 0 Å². The van der Waals surface area contributed by atoms with E-state index in [4.69, 9.17) is 16.3 Å². The molecule has 1 aliphatic heterocycles. The first kappa shape index (κ1) is 34.4. The number of ether oxygens (including phenoxy) is 1. The van der Waals surface area contributed by atoms with Gasteiger partial charge in [0.1, 0.15) is 5.60 Å². The van der Waals surface area contributed by atoms with Gasteiger partial charge in [-0.1, -0.05) is 35.9 Å². The second kappa shape index (κ2) is 14.3. The van der Waals surface area contributed by atoms with Crippen LogP contribution in [-0.4, -0.2) is 77.8 Å². The van der Waals surface area contributed by atoms with Gasteiger partial charge in [-0.05, 0) is 107 Å². The molecule has 1 fully saturated rings. The van der Waals surface area contributed by atoms with Crippen LogP contribution in [0, 0.1) is 0 Å². The van der Waals surface area contributed by atoms with E-state index in [1.807, 2.05) is 6.92 Å². The quantitative estimate of drug-likeness (QED) is 0.304. The van der Waals surface area contributed by atoms with E-state index in [9.17, 15) is 28.2 Å². The molecule has 3 aromatic rings. The second-order valence-electron chi connectivity index (χ2n) is 12.5. The summed E-state index contributed by atoms with van der Waals surface area (Å²) >= 11 is 6.10. The van der Waals surface area contributed by atoms with Gasteiger partial charge in [0.15, 0.2) is 0 Å². The van der Waals surface area contributed by atoms with E-state index in [-0.39, 0.29) is 22.2 Å². The van der Waals surface area contributed by atoms with E-state index in [0.717, 1.165) is 5.56 Å². The Morgan fingerprint density at radius 3 is 2.13 bits per heavy atom. The molecule has 11 heteroatoms. The van der Waals surface area contributed by atoms with Crippen molar-refractivity contribution in [3.63, 3.8) is 0 Å². The van der Waals surface area contributed by atoms with Crippen LogP contribution in [0.15, 0.2) is 82.6 Å². The lowest BCUT2D eigenvalue weighted by Gasteiger charge is -2.33. The van der Waals surface area contributed by atoms with Crippen LogP contribution in [0.5, 0.6) is 0 Å². The topological polar surface area (TPSA) is 124 Å². The summed E-state index contributed by atoms with van der Waals surface area (Å²) in [7, 11) is -3.85. The maximum atomic E-state index is 13.4. The zero-order chi connectivity index (χ0) is 32.9. The summed E-state index contributed by atoms with van der Waals surface area (Å²) < 4.78 is 32.4. The Hall–Kier alpha value is -3.44. The first-order valence-corrected chi connectivity index (χ1v) is 16.8. The number of carbonyl (C=O) groups excluding carboxylic acids is 2. The summed E-state index contributed by atoms with van der Waals surface area (Å²) in [6, 6.07) is 18.8. The minimum atomic E-state index is -3.85. The average molecular weight is 657 g/mol. The molecule has 0 aliphatic carbocycles. The number of hydrogen-bond acceptors (Lipinski definition) is 7. The van der Waals surface area contributed by atoms with Crippen molar-refractivity contribution >= 4 is 33.4 Å². The Balaban J connectivity index is 1.46. The zero-order valence-electron chi connectivity index (χ0n) is 26.0. The van der Waals surface area contributed by atoms with E-state index in [2.05, 4.69) is 0 Å². The summed E-state index contributed by atoms with van der Waals surface area (Å²) in [5, 5.41) is 21.1. The molecule has 0 spiro atoms. The maximum absolute atomic E-state index is 13.4. The monoisotopic (exact) mass is 656 g/mol. The molecule has 3 aromatic carbocycles. The molecule has 45 heavy (non-hydrogen) atoms. The highest BCUT2D eigenvalue weighted by Gasteiger charge is 2.29. The second-order valence-corrected chi connectivity index (χ2v) is 14.8. The molecule has 9 nitrogen and oxygen atoms in total. The lowest BCUT2D eigenvalue weighted by molar-refractivity contribution is 0.00546. The number of aliphatic hydroxyl groups excluding tert-OH is 2. The highest BCUT2D eigenvalue weighted by molar-refractivity contribution is 7.91. The van der Waals surface area contributed by atoms with Crippen molar-refractivity contribution in [3.05, 3.63) is 94.5 Å². The van der Waals surface area contributed by atoms with Crippen LogP contribution in [0.3, 0.4) is 0 Å². The summed E-state index contributed by atoms with van der Waals surface area (Å²) in [6.45, 7) is 8.05. The van der Waals surface area contributed by atoms with Crippen LogP contribution in [0.4, 0.5) is 4.79 Å². The van der Waals surface area contributed by atoms with Gasteiger partial charge in [0.25, 0.3) is 5.91 Å². The van der Waals surface area contributed by atoms with Gasteiger partial charge < -0.3 is 24.7 Å². The van der Waals surface area contributed by atoms with Crippen LogP contribution in [-0.2, 0) is 21.0 Å². The predicted molar refractivity (Wildman–Crippen MR) is 172 cm³/mol. The third-order valence-corrected chi connectivity index (χ3v) is 9.71. The molecular weight excluding hydrogens is 616 g/mol. The van der Waals surface area contributed by atoms with Crippen LogP contribution in [0.2, 0.25) is 5.02 Å². The molecule has 1 heterocycles. The number of carbonyl (C=O) groups is 2. The SMILES string of the molecule is CC(Cc1ccc(S(=O)(=O)c2ccc(C(=O)N3CCC(O)CC3)cc2)cc1)N(CC(O)c1cccc(Cl)c1)C(=O)OC(C)(C)C. The van der Waals surface area contributed by atoms with Gasteiger partial charge in [0.2, 0.25) is 9.84 Å². The summed E-state index contributed by atoms with van der Waals surface area (Å²) in [5.74, 6) is -0.190. The molecule has 2 unspecified atom stereocenters. The number of likely N-dealkylation sites (tertiary alicyclic amines) is 1. The fourth-order valence-electron chi connectivity index (χ4n) is 5.18. The largest absolute Gasteiger partial charge is 0.444 e. The van der Waals surface area contributed by atoms with Crippen LogP contribution in [0.25, 0.3) is 0 Å². The molecule has 0 radical (unpaired) electrons. The number of halogens is 1. The predicted octanol–water partition coefficient (Wildman–Crippen LogP) is 5.67. The van der Waals surface area contributed by atoms with Gasteiger partial charge >= 0.3 is 6.09 Å². The molecule has 2 N–H and O–H groups in total. The normalized spacial score (nSPS) is 15.8. The fraction of sp³-hybridized carbons (Fsp3) is 0.412. The Bertz CT molecular complexity index is 1580. The molecule has 2 atom stereocenters. The highest BCUT2D eigenvalue weighted by atomic mass is 35.5. The molecule has 0 saturated carbocycles. The molecule has 0 aromatic heterocycles. The third kappa shape index (κ3) is 9.07. The number of nitrogens with zero attached hydrogens (tertiary/aromatic N) is 2. The first-order chi connectivity index (χ1) is 21.1. The molecule has 2 amide bonds. The lowest BCUT2D eigenvalue weighted by Crippen LogP contribution is -2.45. The Labute approximate surface area is 270 Å². The Morgan fingerprint density at radius 1 is 1.00 bits per heavy atom. The molecule has 1 aliphatic rings. The molecule has 1 saturated heterocycles. The zero-order valence-corrected chi connectivity index (χ0v) is 27.6. The first-order valence-electron chi connectivity index (χ1n) is 15.0. The summed E-state index contributed by atoms with van der Waals surface area (Å²) in [4.78, 5) is 29.3. The standard InChI is InChI=1S/C34H41ClN2O7S/c1-23(37(33(41)44-34(2,3)4)22-31(39)26-6-5-7-27(35)21-26)20-24-8-12-29(13-9-24)45(42,43)30-14-10-25(11-15-30)32(40)36-18-16-28(38)17-19-36/h5-15,21,23,28,31,38-39H,16-20,22H2,1-4H3. The van der Waals surface area contributed by atoms with Crippen molar-refractivity contribution in [1.29, 1.82) is 0 Å². The van der Waals surface area contributed by atoms with Gasteiger partial charge in [0.05, 0.1) is 28.5 Å². The van der Waals surface area contributed by atoms with Crippen LogP contribution in [0.1, 0.15) is 68.1 Å². The minimum absolute atomic E-state index is 0.0267. The number of sulfone groups is 1. The molecular formula is C34H41ClN2O7S.